The molecule has 2 rings (SSSR count). The zero-order valence-corrected chi connectivity index (χ0v) is 12.5. The van der Waals surface area contributed by atoms with Gasteiger partial charge in [0.1, 0.15) is 5.75 Å². The molecule has 0 aromatic heterocycles. The highest BCUT2D eigenvalue weighted by atomic mass is 32.2. The summed E-state index contributed by atoms with van der Waals surface area (Å²) < 4.78 is 24.7. The van der Waals surface area contributed by atoms with Gasteiger partial charge in [0.15, 0.2) is 9.84 Å². The Morgan fingerprint density at radius 2 is 1.86 bits per heavy atom. The predicted octanol–water partition coefficient (Wildman–Crippen LogP) is 1.09. The van der Waals surface area contributed by atoms with Gasteiger partial charge >= 0.3 is 5.97 Å². The molecule has 0 unspecified atom stereocenters. The molecule has 21 heavy (non-hydrogen) atoms. The fourth-order valence-electron chi connectivity index (χ4n) is 2.48. The first-order chi connectivity index (χ1) is 9.83. The minimum absolute atomic E-state index is 0.0651. The third-order valence-electron chi connectivity index (χ3n) is 3.62. The van der Waals surface area contributed by atoms with Crippen molar-refractivity contribution in [1.29, 1.82) is 0 Å². The minimum Gasteiger partial charge on any atom is -0.478 e. The van der Waals surface area contributed by atoms with Crippen molar-refractivity contribution in [2.45, 2.75) is 24.7 Å². The maximum absolute atomic E-state index is 12.4. The molecule has 6 nitrogen and oxygen atoms in total. The largest absolute Gasteiger partial charge is 0.478 e. The topological polar surface area (TPSA) is 91.7 Å². The zero-order chi connectivity index (χ0) is 15.6. The standard InChI is InChI=1S/C14H17NO5S/c1-10-11(14(17)18)5-4-6-12(10)21(19,20)9-13(16)15-7-2-3-8-15/h4-6H,2-3,7-9H2,1H3,(H,17,18). The smallest absolute Gasteiger partial charge is 0.335 e. The number of carboxylic acid groups (broad SMARTS) is 1. The Balaban J connectivity index is 2.29. The second-order valence-corrected chi connectivity index (χ2v) is 7.04. The van der Waals surface area contributed by atoms with Gasteiger partial charge in [-0.2, -0.15) is 0 Å². The van der Waals surface area contributed by atoms with Crippen molar-refractivity contribution in [2.24, 2.45) is 0 Å². The highest BCUT2D eigenvalue weighted by Crippen LogP contribution is 2.21. The van der Waals surface area contributed by atoms with Gasteiger partial charge in [0.05, 0.1) is 10.5 Å². The number of likely N-dealkylation sites (tertiary alicyclic amines) is 1. The molecule has 7 heteroatoms. The lowest BCUT2D eigenvalue weighted by Gasteiger charge is -2.16. The number of sulfone groups is 1. The van der Waals surface area contributed by atoms with E-state index < -0.39 is 27.5 Å². The van der Waals surface area contributed by atoms with E-state index in [9.17, 15) is 18.0 Å². The normalized spacial score (nSPS) is 15.2. The zero-order valence-electron chi connectivity index (χ0n) is 11.7. The molecule has 1 aromatic rings. The van der Waals surface area contributed by atoms with Gasteiger partial charge in [-0.1, -0.05) is 6.07 Å². The molecule has 0 bridgehead atoms. The number of hydrogen-bond donors (Lipinski definition) is 1. The van der Waals surface area contributed by atoms with Crippen molar-refractivity contribution >= 4 is 21.7 Å². The van der Waals surface area contributed by atoms with Gasteiger partial charge in [0, 0.05) is 13.1 Å². The van der Waals surface area contributed by atoms with Crippen molar-refractivity contribution in [3.05, 3.63) is 29.3 Å². The summed E-state index contributed by atoms with van der Waals surface area (Å²) in [7, 11) is -3.84. The number of rotatable bonds is 4. The third kappa shape index (κ3) is 3.24. The van der Waals surface area contributed by atoms with Crippen LogP contribution in [-0.4, -0.2) is 49.1 Å². The maximum Gasteiger partial charge on any atom is 0.335 e. The van der Waals surface area contributed by atoms with Crippen molar-refractivity contribution in [3.8, 4) is 0 Å². The highest BCUT2D eigenvalue weighted by molar-refractivity contribution is 7.92. The van der Waals surface area contributed by atoms with E-state index in [4.69, 9.17) is 5.11 Å². The molecule has 0 radical (unpaired) electrons. The van der Waals surface area contributed by atoms with Gasteiger partial charge in [-0.05, 0) is 37.5 Å². The number of amides is 1. The van der Waals surface area contributed by atoms with Gasteiger partial charge in [-0.3, -0.25) is 4.79 Å². The molecule has 1 heterocycles. The molecule has 0 saturated carbocycles. The number of hydrogen-bond acceptors (Lipinski definition) is 4. The molecule has 1 N–H and O–H groups in total. The van der Waals surface area contributed by atoms with Crippen LogP contribution in [0.5, 0.6) is 0 Å². The second kappa shape index (κ2) is 5.85. The van der Waals surface area contributed by atoms with Crippen molar-refractivity contribution in [3.63, 3.8) is 0 Å². The van der Waals surface area contributed by atoms with Crippen LogP contribution < -0.4 is 0 Å². The molecule has 0 aliphatic carbocycles. The number of aromatic carboxylic acids is 1. The van der Waals surface area contributed by atoms with Gasteiger partial charge in [-0.15, -0.1) is 0 Å². The molecule has 0 atom stereocenters. The molecule has 1 amide bonds. The molecule has 1 aromatic carbocycles. The molecule has 1 aliphatic heterocycles. The van der Waals surface area contributed by atoms with E-state index in [-0.39, 0.29) is 16.0 Å². The summed E-state index contributed by atoms with van der Waals surface area (Å²) in [5.41, 5.74) is 0.101. The average molecular weight is 311 g/mol. The number of carboxylic acids is 1. The molecule has 114 valence electrons. The Morgan fingerprint density at radius 1 is 1.24 bits per heavy atom. The quantitative estimate of drug-likeness (QED) is 0.898. The van der Waals surface area contributed by atoms with Crippen LogP contribution in [0.3, 0.4) is 0 Å². The Morgan fingerprint density at radius 3 is 2.43 bits per heavy atom. The van der Waals surface area contributed by atoms with Gasteiger partial charge in [0.25, 0.3) is 0 Å². The summed E-state index contributed by atoms with van der Waals surface area (Å²) in [5, 5.41) is 9.04. The minimum atomic E-state index is -3.84. The van der Waals surface area contributed by atoms with Gasteiger partial charge < -0.3 is 10.0 Å². The summed E-state index contributed by atoms with van der Waals surface area (Å²) in [5.74, 6) is -2.22. The van der Waals surface area contributed by atoms with E-state index in [1.807, 2.05) is 0 Å². The first-order valence-corrected chi connectivity index (χ1v) is 8.31. The lowest BCUT2D eigenvalue weighted by Crippen LogP contribution is -2.33. The molecule has 1 fully saturated rings. The predicted molar refractivity (Wildman–Crippen MR) is 76.0 cm³/mol. The van der Waals surface area contributed by atoms with Crippen LogP contribution in [-0.2, 0) is 14.6 Å². The van der Waals surface area contributed by atoms with Crippen molar-refractivity contribution < 1.29 is 23.1 Å². The van der Waals surface area contributed by atoms with Crippen LogP contribution in [0.25, 0.3) is 0 Å². The number of carbonyl (C=O) groups excluding carboxylic acids is 1. The van der Waals surface area contributed by atoms with Crippen LogP contribution in [0.4, 0.5) is 0 Å². The van der Waals surface area contributed by atoms with E-state index in [1.165, 1.54) is 30.0 Å². The summed E-state index contributed by atoms with van der Waals surface area (Å²) in [6.07, 6.45) is 1.78. The van der Waals surface area contributed by atoms with Crippen LogP contribution in [0.1, 0.15) is 28.8 Å². The van der Waals surface area contributed by atoms with Crippen molar-refractivity contribution in [1.82, 2.24) is 4.90 Å². The lowest BCUT2D eigenvalue weighted by atomic mass is 10.1. The summed E-state index contributed by atoms with van der Waals surface area (Å²) in [6, 6.07) is 4.07. The van der Waals surface area contributed by atoms with Crippen LogP contribution in [0, 0.1) is 6.92 Å². The molecule has 1 saturated heterocycles. The lowest BCUT2D eigenvalue weighted by molar-refractivity contribution is -0.127. The Kier molecular flexibility index (Phi) is 4.32. The Labute approximate surface area is 123 Å². The first-order valence-electron chi connectivity index (χ1n) is 6.66. The fourth-order valence-corrected chi connectivity index (χ4v) is 4.01. The van der Waals surface area contributed by atoms with E-state index in [0.29, 0.717) is 13.1 Å². The second-order valence-electron chi connectivity index (χ2n) is 5.08. The molecular formula is C14H17NO5S. The maximum atomic E-state index is 12.4. The van der Waals surface area contributed by atoms with Gasteiger partial charge in [-0.25, -0.2) is 13.2 Å². The molecule has 0 spiro atoms. The van der Waals surface area contributed by atoms with Gasteiger partial charge in [0.2, 0.25) is 5.91 Å². The summed E-state index contributed by atoms with van der Waals surface area (Å²) in [4.78, 5) is 24.5. The fraction of sp³-hybridized carbons (Fsp3) is 0.429. The van der Waals surface area contributed by atoms with E-state index in [2.05, 4.69) is 0 Å². The monoisotopic (exact) mass is 311 g/mol. The molecular weight excluding hydrogens is 294 g/mol. The third-order valence-corrected chi connectivity index (χ3v) is 5.36. The number of benzene rings is 1. The average Bonchev–Trinajstić information content (AvgIpc) is 2.91. The highest BCUT2D eigenvalue weighted by Gasteiger charge is 2.27. The van der Waals surface area contributed by atoms with Crippen LogP contribution >= 0.6 is 0 Å². The summed E-state index contributed by atoms with van der Waals surface area (Å²) in [6.45, 7) is 2.61. The van der Waals surface area contributed by atoms with Crippen molar-refractivity contribution in [2.75, 3.05) is 18.8 Å². The Hall–Kier alpha value is -1.89. The molecule has 1 aliphatic rings. The van der Waals surface area contributed by atoms with E-state index >= 15 is 0 Å². The number of carbonyl (C=O) groups is 2. The summed E-state index contributed by atoms with van der Waals surface area (Å²) >= 11 is 0. The van der Waals surface area contributed by atoms with E-state index in [1.54, 1.807) is 0 Å². The van der Waals surface area contributed by atoms with E-state index in [0.717, 1.165) is 12.8 Å². The van der Waals surface area contributed by atoms with Crippen LogP contribution in [0.15, 0.2) is 23.1 Å². The first kappa shape index (κ1) is 15.5. The van der Waals surface area contributed by atoms with Crippen LogP contribution in [0.2, 0.25) is 0 Å². The number of nitrogens with zero attached hydrogens (tertiary/aromatic N) is 1. The SMILES string of the molecule is Cc1c(C(=O)O)cccc1S(=O)(=O)CC(=O)N1CCCC1. The Bertz CT molecular complexity index is 675.